The molecule has 3 nitrogen and oxygen atoms in total. The van der Waals surface area contributed by atoms with Crippen molar-refractivity contribution in [3.05, 3.63) is 48.5 Å². The van der Waals surface area contributed by atoms with Crippen molar-refractivity contribution in [3.8, 4) is 11.5 Å². The topological polar surface area (TPSA) is 33.3 Å². The summed E-state index contributed by atoms with van der Waals surface area (Å²) in [4.78, 5) is 0. The lowest BCUT2D eigenvalue weighted by atomic mass is 10.1. The molecule has 0 aliphatic rings. The van der Waals surface area contributed by atoms with Crippen LogP contribution in [0.2, 0.25) is 0 Å². The number of rotatable bonds is 4. The molecule has 2 aromatic carbocycles. The minimum Gasteiger partial charge on any atom is -0.457 e. The molecule has 0 heterocycles. The van der Waals surface area contributed by atoms with Crippen LogP contribution < -0.4 is 15.4 Å². The minimum absolute atomic E-state index is 0.0538. The van der Waals surface area contributed by atoms with E-state index in [0.717, 1.165) is 22.9 Å². The summed E-state index contributed by atoms with van der Waals surface area (Å²) < 4.78 is 5.89. The lowest BCUT2D eigenvalue weighted by Gasteiger charge is -2.22. The summed E-state index contributed by atoms with van der Waals surface area (Å²) >= 11 is 0. The Balaban J connectivity index is 1.99. The van der Waals surface area contributed by atoms with Crippen molar-refractivity contribution in [2.45, 2.75) is 52.6 Å². The van der Waals surface area contributed by atoms with Crippen molar-refractivity contribution in [2.75, 3.05) is 10.6 Å². The maximum atomic E-state index is 5.89. The van der Waals surface area contributed by atoms with Crippen LogP contribution in [0.5, 0.6) is 11.5 Å². The SMILES string of the molecule is CC(C)(C)Nc1ccc(Oc2ccc(NC(C)(C)C)cc2)cc1. The van der Waals surface area contributed by atoms with Crippen LogP contribution >= 0.6 is 0 Å². The highest BCUT2D eigenvalue weighted by atomic mass is 16.5. The third-order valence-electron chi connectivity index (χ3n) is 2.98. The van der Waals surface area contributed by atoms with Gasteiger partial charge in [0.15, 0.2) is 0 Å². The molecule has 0 aromatic heterocycles. The Morgan fingerprint density at radius 1 is 0.565 bits per heavy atom. The second-order valence-electron chi connectivity index (χ2n) is 7.90. The standard InChI is InChI=1S/C20H28N2O/c1-19(2,3)21-15-7-11-17(12-8-15)23-18-13-9-16(10-14-18)22-20(4,5)6/h7-14,21-22H,1-6H3. The monoisotopic (exact) mass is 312 g/mol. The largest absolute Gasteiger partial charge is 0.457 e. The number of anilines is 2. The zero-order chi connectivity index (χ0) is 17.1. The number of nitrogens with one attached hydrogen (secondary N) is 2. The predicted molar refractivity (Wildman–Crippen MR) is 99.7 cm³/mol. The third kappa shape index (κ3) is 6.23. The normalized spacial score (nSPS) is 11.9. The van der Waals surface area contributed by atoms with Crippen molar-refractivity contribution in [1.82, 2.24) is 0 Å². The molecule has 0 bridgehead atoms. The smallest absolute Gasteiger partial charge is 0.127 e. The number of hydrogen-bond acceptors (Lipinski definition) is 3. The first-order valence-corrected chi connectivity index (χ1v) is 8.05. The molecule has 0 unspecified atom stereocenters. The average Bonchev–Trinajstić information content (AvgIpc) is 2.40. The molecule has 0 amide bonds. The van der Waals surface area contributed by atoms with E-state index in [1.165, 1.54) is 0 Å². The maximum Gasteiger partial charge on any atom is 0.127 e. The van der Waals surface area contributed by atoms with Crippen LogP contribution in [0.3, 0.4) is 0 Å². The molecule has 0 aliphatic carbocycles. The molecule has 0 saturated carbocycles. The van der Waals surface area contributed by atoms with Crippen LogP contribution in [0.1, 0.15) is 41.5 Å². The van der Waals surface area contributed by atoms with Crippen LogP contribution in [-0.4, -0.2) is 11.1 Å². The highest BCUT2D eigenvalue weighted by molar-refractivity contribution is 5.50. The van der Waals surface area contributed by atoms with Gasteiger partial charge in [0.05, 0.1) is 0 Å². The van der Waals surface area contributed by atoms with Gasteiger partial charge in [0.25, 0.3) is 0 Å². The van der Waals surface area contributed by atoms with Gasteiger partial charge in [0.1, 0.15) is 11.5 Å². The average molecular weight is 312 g/mol. The van der Waals surface area contributed by atoms with Crippen molar-refractivity contribution in [1.29, 1.82) is 0 Å². The molecule has 0 saturated heterocycles. The number of hydrogen-bond donors (Lipinski definition) is 2. The maximum absolute atomic E-state index is 5.89. The molecule has 0 atom stereocenters. The van der Waals surface area contributed by atoms with Crippen LogP contribution in [0.25, 0.3) is 0 Å². The minimum atomic E-state index is 0.0538. The van der Waals surface area contributed by atoms with E-state index in [9.17, 15) is 0 Å². The Kier molecular flexibility index (Phi) is 4.88. The Morgan fingerprint density at radius 3 is 1.13 bits per heavy atom. The summed E-state index contributed by atoms with van der Waals surface area (Å²) in [6.07, 6.45) is 0. The molecular weight excluding hydrogens is 284 g/mol. The zero-order valence-corrected chi connectivity index (χ0v) is 15.0. The number of ether oxygens (including phenoxy) is 1. The van der Waals surface area contributed by atoms with Gasteiger partial charge < -0.3 is 15.4 Å². The van der Waals surface area contributed by atoms with E-state index in [-0.39, 0.29) is 11.1 Å². The van der Waals surface area contributed by atoms with E-state index in [2.05, 4.69) is 52.2 Å². The van der Waals surface area contributed by atoms with Crippen LogP contribution in [-0.2, 0) is 0 Å². The molecular formula is C20H28N2O. The van der Waals surface area contributed by atoms with E-state index in [4.69, 9.17) is 4.74 Å². The van der Waals surface area contributed by atoms with Gasteiger partial charge in [0.2, 0.25) is 0 Å². The number of benzene rings is 2. The molecule has 0 fully saturated rings. The molecule has 2 N–H and O–H groups in total. The summed E-state index contributed by atoms with van der Waals surface area (Å²) in [7, 11) is 0. The fourth-order valence-electron chi connectivity index (χ4n) is 2.21. The van der Waals surface area contributed by atoms with Gasteiger partial charge >= 0.3 is 0 Å². The summed E-state index contributed by atoms with van der Waals surface area (Å²) in [5, 5.41) is 6.88. The lowest BCUT2D eigenvalue weighted by molar-refractivity contribution is 0.482. The summed E-state index contributed by atoms with van der Waals surface area (Å²) in [5.41, 5.74) is 2.29. The van der Waals surface area contributed by atoms with E-state index in [1.807, 2.05) is 48.5 Å². The molecule has 2 rings (SSSR count). The van der Waals surface area contributed by atoms with Gasteiger partial charge in [-0.1, -0.05) is 0 Å². The van der Waals surface area contributed by atoms with E-state index in [1.54, 1.807) is 0 Å². The highest BCUT2D eigenvalue weighted by Gasteiger charge is 2.10. The first-order chi connectivity index (χ1) is 10.6. The molecule has 2 aromatic rings. The van der Waals surface area contributed by atoms with Crippen LogP contribution in [0.15, 0.2) is 48.5 Å². The van der Waals surface area contributed by atoms with Gasteiger partial charge in [-0.25, -0.2) is 0 Å². The third-order valence-corrected chi connectivity index (χ3v) is 2.98. The molecule has 23 heavy (non-hydrogen) atoms. The first-order valence-electron chi connectivity index (χ1n) is 8.05. The Bertz CT molecular complexity index is 559. The second kappa shape index (κ2) is 6.53. The Labute approximate surface area is 140 Å². The van der Waals surface area contributed by atoms with Gasteiger partial charge in [-0.3, -0.25) is 0 Å². The molecule has 0 spiro atoms. The van der Waals surface area contributed by atoms with Gasteiger partial charge in [-0.05, 0) is 90.1 Å². The van der Waals surface area contributed by atoms with Crippen molar-refractivity contribution < 1.29 is 4.74 Å². The lowest BCUT2D eigenvalue weighted by Crippen LogP contribution is -2.25. The van der Waals surface area contributed by atoms with E-state index in [0.29, 0.717) is 0 Å². The molecule has 0 radical (unpaired) electrons. The van der Waals surface area contributed by atoms with Crippen molar-refractivity contribution in [3.63, 3.8) is 0 Å². The van der Waals surface area contributed by atoms with Crippen LogP contribution in [0, 0.1) is 0 Å². The quantitative estimate of drug-likeness (QED) is 0.737. The zero-order valence-electron chi connectivity index (χ0n) is 15.0. The predicted octanol–water partition coefficient (Wildman–Crippen LogP) is 5.90. The van der Waals surface area contributed by atoms with Crippen LogP contribution in [0.4, 0.5) is 11.4 Å². The van der Waals surface area contributed by atoms with Crippen molar-refractivity contribution in [2.24, 2.45) is 0 Å². The Hall–Kier alpha value is -2.16. The highest BCUT2D eigenvalue weighted by Crippen LogP contribution is 2.26. The van der Waals surface area contributed by atoms with E-state index < -0.39 is 0 Å². The Morgan fingerprint density at radius 2 is 0.870 bits per heavy atom. The fraction of sp³-hybridized carbons (Fsp3) is 0.400. The molecule has 0 aliphatic heterocycles. The summed E-state index contributed by atoms with van der Waals surface area (Å²) in [6.45, 7) is 12.9. The fourth-order valence-corrected chi connectivity index (χ4v) is 2.21. The summed E-state index contributed by atoms with van der Waals surface area (Å²) in [6, 6.07) is 16.1. The van der Waals surface area contributed by atoms with Gasteiger partial charge in [-0.2, -0.15) is 0 Å². The molecule has 124 valence electrons. The molecule has 3 heteroatoms. The van der Waals surface area contributed by atoms with E-state index >= 15 is 0 Å². The first kappa shape index (κ1) is 17.2. The van der Waals surface area contributed by atoms with Gasteiger partial charge in [0, 0.05) is 22.5 Å². The second-order valence-corrected chi connectivity index (χ2v) is 7.90. The van der Waals surface area contributed by atoms with Crippen molar-refractivity contribution >= 4 is 11.4 Å². The summed E-state index contributed by atoms with van der Waals surface area (Å²) in [5.74, 6) is 1.67. The van der Waals surface area contributed by atoms with Gasteiger partial charge in [-0.15, -0.1) is 0 Å².